The number of amides is 3. The highest BCUT2D eigenvalue weighted by atomic mass is 35.5. The van der Waals surface area contributed by atoms with Gasteiger partial charge in [0.25, 0.3) is 0 Å². The lowest BCUT2D eigenvalue weighted by Crippen LogP contribution is -2.43. The lowest BCUT2D eigenvalue weighted by Gasteiger charge is -2.11. The smallest absolute Gasteiger partial charge is 0.321 e. The molecule has 3 N–H and O–H groups in total. The molecule has 0 bridgehead atoms. The van der Waals surface area contributed by atoms with Crippen molar-refractivity contribution in [3.63, 3.8) is 0 Å². The van der Waals surface area contributed by atoms with Crippen LogP contribution in [0.3, 0.4) is 0 Å². The van der Waals surface area contributed by atoms with Crippen molar-refractivity contribution in [2.24, 2.45) is 0 Å². The Bertz CT molecular complexity index is 740. The fourth-order valence-corrected chi connectivity index (χ4v) is 3.42. The number of rotatable bonds is 7. The normalized spacial score (nSPS) is 11.6. The fourth-order valence-electron chi connectivity index (χ4n) is 1.66. The molecule has 0 aliphatic rings. The number of nitrogens with one attached hydrogen (secondary N) is 3. The van der Waals surface area contributed by atoms with Crippen molar-refractivity contribution in [1.82, 2.24) is 20.8 Å². The third kappa shape index (κ3) is 6.89. The van der Waals surface area contributed by atoms with Crippen LogP contribution >= 0.6 is 34.7 Å². The molecule has 0 unspecified atom stereocenters. The molecule has 10 heteroatoms. The lowest BCUT2D eigenvalue weighted by molar-refractivity contribution is -0.117. The van der Waals surface area contributed by atoms with Crippen LogP contribution in [0.4, 0.5) is 15.6 Å². The quantitative estimate of drug-likeness (QED) is 0.615. The van der Waals surface area contributed by atoms with Gasteiger partial charge in [-0.3, -0.25) is 10.1 Å². The van der Waals surface area contributed by atoms with Gasteiger partial charge in [0.15, 0.2) is 4.34 Å². The molecule has 1 aromatic heterocycles. The Kier molecular flexibility index (Phi) is 7.48. The maximum atomic E-state index is 11.8. The highest BCUT2D eigenvalue weighted by molar-refractivity contribution is 8.01. The Labute approximate surface area is 158 Å². The van der Waals surface area contributed by atoms with Crippen LogP contribution in [0.25, 0.3) is 0 Å². The average molecular weight is 400 g/mol. The molecular weight excluding hydrogens is 382 g/mol. The first-order chi connectivity index (χ1) is 12.0. The predicted molar refractivity (Wildman–Crippen MR) is 102 cm³/mol. The summed E-state index contributed by atoms with van der Waals surface area (Å²) in [6.45, 7) is 3.82. The van der Waals surface area contributed by atoms with Gasteiger partial charge < -0.3 is 10.6 Å². The summed E-state index contributed by atoms with van der Waals surface area (Å²) < 4.78 is 0.627. The van der Waals surface area contributed by atoms with Gasteiger partial charge >= 0.3 is 6.03 Å². The van der Waals surface area contributed by atoms with Crippen LogP contribution in [-0.4, -0.2) is 33.9 Å². The van der Waals surface area contributed by atoms with Crippen LogP contribution < -0.4 is 16.0 Å². The largest absolute Gasteiger partial charge is 0.335 e. The molecule has 25 heavy (non-hydrogen) atoms. The molecular formula is C15H18ClN5O2S2. The number of carbonyl (C=O) groups excluding carboxylic acids is 2. The Morgan fingerprint density at radius 1 is 1.36 bits per heavy atom. The van der Waals surface area contributed by atoms with E-state index in [1.54, 1.807) is 12.1 Å². The summed E-state index contributed by atoms with van der Waals surface area (Å²) in [6.07, 6.45) is 0.795. The van der Waals surface area contributed by atoms with Gasteiger partial charge in [-0.2, -0.15) is 0 Å². The minimum atomic E-state index is -0.486. The molecule has 0 aliphatic carbocycles. The number of nitrogens with zero attached hydrogens (tertiary/aromatic N) is 2. The third-order valence-electron chi connectivity index (χ3n) is 3.05. The Morgan fingerprint density at radius 3 is 2.88 bits per heavy atom. The number of carbonyl (C=O) groups is 2. The summed E-state index contributed by atoms with van der Waals surface area (Å²) in [5, 5.41) is 17.3. The van der Waals surface area contributed by atoms with Crippen LogP contribution in [0.15, 0.2) is 28.6 Å². The number of thioether (sulfide) groups is 1. The van der Waals surface area contributed by atoms with Crippen molar-refractivity contribution in [1.29, 1.82) is 0 Å². The summed E-state index contributed by atoms with van der Waals surface area (Å²) in [6, 6.07) is 6.78. The molecule has 2 aromatic rings. The van der Waals surface area contributed by atoms with Crippen LogP contribution in [0.2, 0.25) is 5.02 Å². The van der Waals surface area contributed by atoms with Crippen molar-refractivity contribution >= 4 is 57.5 Å². The van der Waals surface area contributed by atoms with Gasteiger partial charge in [0, 0.05) is 16.8 Å². The standard InChI is InChI=1S/C15H18ClN5O2S2/c1-3-9(2)17-13(23)19-12(22)8-24-15-21-20-14(25-15)18-11-6-4-5-10(16)7-11/h4-7,9H,3,8H2,1-2H3,(H,18,20)(H2,17,19,22,23)/t9-/m0/s1. The zero-order chi connectivity index (χ0) is 18.2. The molecule has 134 valence electrons. The second-order valence-corrected chi connectivity index (χ2v) is 7.76. The first kappa shape index (κ1) is 19.5. The molecule has 0 saturated heterocycles. The van der Waals surface area contributed by atoms with E-state index in [9.17, 15) is 9.59 Å². The van der Waals surface area contributed by atoms with E-state index in [0.29, 0.717) is 14.5 Å². The zero-order valence-corrected chi connectivity index (χ0v) is 16.1. The lowest BCUT2D eigenvalue weighted by atomic mass is 10.3. The van der Waals surface area contributed by atoms with Gasteiger partial charge in [-0.15, -0.1) is 10.2 Å². The van der Waals surface area contributed by atoms with E-state index in [2.05, 4.69) is 26.1 Å². The van der Waals surface area contributed by atoms with Gasteiger partial charge in [0.1, 0.15) is 0 Å². The highest BCUT2D eigenvalue weighted by Crippen LogP contribution is 2.28. The number of imide groups is 1. The van der Waals surface area contributed by atoms with Crippen molar-refractivity contribution in [2.45, 2.75) is 30.6 Å². The maximum Gasteiger partial charge on any atom is 0.321 e. The fraction of sp³-hybridized carbons (Fsp3) is 0.333. The van der Waals surface area contributed by atoms with Gasteiger partial charge in [-0.05, 0) is 31.5 Å². The monoisotopic (exact) mass is 399 g/mol. The van der Waals surface area contributed by atoms with E-state index in [0.717, 1.165) is 12.1 Å². The summed E-state index contributed by atoms with van der Waals surface area (Å²) in [4.78, 5) is 23.3. The Morgan fingerprint density at radius 2 is 2.16 bits per heavy atom. The first-order valence-corrected chi connectivity index (χ1v) is 9.73. The first-order valence-electron chi connectivity index (χ1n) is 7.55. The number of aromatic nitrogens is 2. The van der Waals surface area contributed by atoms with Gasteiger partial charge in [-0.1, -0.05) is 47.7 Å². The molecule has 0 spiro atoms. The number of anilines is 2. The topological polar surface area (TPSA) is 96.0 Å². The Hall–Kier alpha value is -1.84. The predicted octanol–water partition coefficient (Wildman–Crippen LogP) is 3.65. The molecule has 0 radical (unpaired) electrons. The van der Waals surface area contributed by atoms with Crippen molar-refractivity contribution in [2.75, 3.05) is 11.1 Å². The highest BCUT2D eigenvalue weighted by Gasteiger charge is 2.12. The van der Waals surface area contributed by atoms with Gasteiger partial charge in [-0.25, -0.2) is 4.79 Å². The average Bonchev–Trinajstić information content (AvgIpc) is 3.00. The summed E-state index contributed by atoms with van der Waals surface area (Å²) >= 11 is 8.46. The number of benzene rings is 1. The van der Waals surface area contributed by atoms with Crippen LogP contribution in [0.1, 0.15) is 20.3 Å². The van der Waals surface area contributed by atoms with E-state index >= 15 is 0 Å². The summed E-state index contributed by atoms with van der Waals surface area (Å²) in [7, 11) is 0. The SMILES string of the molecule is CC[C@H](C)NC(=O)NC(=O)CSc1nnc(Nc2cccc(Cl)c2)s1. The zero-order valence-electron chi connectivity index (χ0n) is 13.7. The van der Waals surface area contributed by atoms with E-state index in [1.807, 2.05) is 26.0 Å². The number of halogens is 1. The van der Waals surface area contributed by atoms with Crippen molar-refractivity contribution in [3.8, 4) is 0 Å². The molecule has 3 amide bonds. The van der Waals surface area contributed by atoms with Crippen LogP contribution in [0, 0.1) is 0 Å². The second-order valence-electron chi connectivity index (χ2n) is 5.13. The molecule has 1 heterocycles. The minimum absolute atomic E-state index is 0.0174. The molecule has 0 saturated carbocycles. The molecule has 1 aromatic carbocycles. The van der Waals surface area contributed by atoms with Crippen LogP contribution in [-0.2, 0) is 4.79 Å². The van der Waals surface area contributed by atoms with E-state index in [1.165, 1.54) is 23.1 Å². The van der Waals surface area contributed by atoms with Gasteiger partial charge in [0.05, 0.1) is 5.75 Å². The van der Waals surface area contributed by atoms with E-state index in [4.69, 9.17) is 11.6 Å². The minimum Gasteiger partial charge on any atom is -0.335 e. The number of hydrogen-bond donors (Lipinski definition) is 3. The molecule has 2 rings (SSSR count). The van der Waals surface area contributed by atoms with Crippen molar-refractivity contribution in [3.05, 3.63) is 29.3 Å². The van der Waals surface area contributed by atoms with Crippen LogP contribution in [0.5, 0.6) is 0 Å². The Balaban J connectivity index is 1.79. The molecule has 1 atom stereocenters. The molecule has 0 aliphatic heterocycles. The number of hydrogen-bond acceptors (Lipinski definition) is 7. The molecule has 7 nitrogen and oxygen atoms in total. The van der Waals surface area contributed by atoms with Crippen molar-refractivity contribution < 1.29 is 9.59 Å². The second kappa shape index (κ2) is 9.59. The van der Waals surface area contributed by atoms with E-state index in [-0.39, 0.29) is 17.7 Å². The summed E-state index contributed by atoms with van der Waals surface area (Å²) in [5.74, 6) is -0.301. The van der Waals surface area contributed by atoms with E-state index < -0.39 is 6.03 Å². The maximum absolute atomic E-state index is 11.8. The molecule has 0 fully saturated rings. The van der Waals surface area contributed by atoms with Gasteiger partial charge in [0.2, 0.25) is 11.0 Å². The third-order valence-corrected chi connectivity index (χ3v) is 5.26. The summed E-state index contributed by atoms with van der Waals surface area (Å²) in [5.41, 5.74) is 0.805. The number of urea groups is 1.